The van der Waals surface area contributed by atoms with Crippen molar-refractivity contribution in [1.29, 1.82) is 0 Å². The Morgan fingerprint density at radius 1 is 1.25 bits per heavy atom. The van der Waals surface area contributed by atoms with E-state index in [4.69, 9.17) is 0 Å². The molecule has 2 aromatic rings. The second-order valence-corrected chi connectivity index (χ2v) is 6.57. The molecule has 130 valence electrons. The van der Waals surface area contributed by atoms with E-state index in [2.05, 4.69) is 39.8 Å². The van der Waals surface area contributed by atoms with E-state index in [1.165, 1.54) is 18.2 Å². The van der Waals surface area contributed by atoms with Gasteiger partial charge in [0.1, 0.15) is 16.6 Å². The number of guanidine groups is 1. The average Bonchev–Trinajstić information content (AvgIpc) is 3.02. The van der Waals surface area contributed by atoms with Crippen LogP contribution >= 0.6 is 11.3 Å². The van der Waals surface area contributed by atoms with Crippen molar-refractivity contribution in [3.8, 4) is 0 Å². The smallest absolute Gasteiger partial charge is 0.191 e. The van der Waals surface area contributed by atoms with Crippen LogP contribution in [0, 0.1) is 11.6 Å². The minimum atomic E-state index is -0.524. The highest BCUT2D eigenvalue weighted by atomic mass is 32.1. The number of benzene rings is 1. The standard InChI is InChI=1S/C17H22F2N4S/c1-11(2)15-10-24-16(23-15)9-22-17(20-3)21-8-7-12-13(18)5-4-6-14(12)19/h4-6,10-11H,7-9H2,1-3H3,(H2,20,21,22). The van der Waals surface area contributed by atoms with Crippen LogP contribution in [-0.2, 0) is 13.0 Å². The van der Waals surface area contributed by atoms with Gasteiger partial charge < -0.3 is 10.6 Å². The van der Waals surface area contributed by atoms with Crippen LogP contribution in [0.2, 0.25) is 0 Å². The van der Waals surface area contributed by atoms with Crippen molar-refractivity contribution in [1.82, 2.24) is 15.6 Å². The van der Waals surface area contributed by atoms with Crippen LogP contribution in [0.15, 0.2) is 28.6 Å². The molecule has 0 saturated heterocycles. The lowest BCUT2D eigenvalue weighted by Crippen LogP contribution is -2.38. The summed E-state index contributed by atoms with van der Waals surface area (Å²) in [5.74, 6) is -0.0661. The zero-order valence-electron chi connectivity index (χ0n) is 14.1. The molecule has 0 aliphatic rings. The molecular weight excluding hydrogens is 330 g/mol. The first-order valence-electron chi connectivity index (χ1n) is 7.83. The first-order chi connectivity index (χ1) is 11.5. The molecule has 24 heavy (non-hydrogen) atoms. The third kappa shape index (κ3) is 4.99. The third-order valence-electron chi connectivity index (χ3n) is 3.52. The van der Waals surface area contributed by atoms with Crippen LogP contribution in [0.1, 0.15) is 36.0 Å². The monoisotopic (exact) mass is 352 g/mol. The number of aliphatic imine (C=N–C) groups is 1. The Balaban J connectivity index is 1.82. The average molecular weight is 352 g/mol. The maximum absolute atomic E-state index is 13.6. The molecule has 2 N–H and O–H groups in total. The fraction of sp³-hybridized carbons (Fsp3) is 0.412. The lowest BCUT2D eigenvalue weighted by molar-refractivity contribution is 0.553. The summed E-state index contributed by atoms with van der Waals surface area (Å²) in [6.07, 6.45) is 0.244. The SMILES string of the molecule is CN=C(NCCc1c(F)cccc1F)NCc1nc(C(C)C)cs1. The highest BCUT2D eigenvalue weighted by Gasteiger charge is 2.09. The molecule has 0 radical (unpaired) electrons. The molecule has 0 unspecified atom stereocenters. The van der Waals surface area contributed by atoms with E-state index in [1.807, 2.05) is 0 Å². The predicted molar refractivity (Wildman–Crippen MR) is 94.5 cm³/mol. The second kappa shape index (κ2) is 8.73. The van der Waals surface area contributed by atoms with Crippen LogP contribution < -0.4 is 10.6 Å². The summed E-state index contributed by atoms with van der Waals surface area (Å²) in [5.41, 5.74) is 1.16. The minimum Gasteiger partial charge on any atom is -0.356 e. The Hall–Kier alpha value is -2.02. The maximum atomic E-state index is 13.6. The van der Waals surface area contributed by atoms with E-state index in [0.29, 0.717) is 25.0 Å². The van der Waals surface area contributed by atoms with Gasteiger partial charge in [-0.05, 0) is 24.5 Å². The summed E-state index contributed by atoms with van der Waals surface area (Å²) < 4.78 is 27.1. The van der Waals surface area contributed by atoms with Gasteiger partial charge in [0.15, 0.2) is 5.96 Å². The van der Waals surface area contributed by atoms with Crippen molar-refractivity contribution in [3.63, 3.8) is 0 Å². The largest absolute Gasteiger partial charge is 0.356 e. The highest BCUT2D eigenvalue weighted by molar-refractivity contribution is 7.09. The normalized spacial score (nSPS) is 11.8. The molecule has 0 amide bonds. The van der Waals surface area contributed by atoms with Gasteiger partial charge in [0.2, 0.25) is 0 Å². The predicted octanol–water partition coefficient (Wildman–Crippen LogP) is 3.45. The Morgan fingerprint density at radius 3 is 2.54 bits per heavy atom. The summed E-state index contributed by atoms with van der Waals surface area (Å²) in [5, 5.41) is 9.24. The molecule has 0 atom stereocenters. The van der Waals surface area contributed by atoms with E-state index < -0.39 is 11.6 Å². The third-order valence-corrected chi connectivity index (χ3v) is 4.39. The summed E-state index contributed by atoms with van der Waals surface area (Å²) >= 11 is 1.60. The first-order valence-corrected chi connectivity index (χ1v) is 8.71. The summed E-state index contributed by atoms with van der Waals surface area (Å²) in [7, 11) is 1.65. The Labute approximate surface area is 145 Å². The van der Waals surface area contributed by atoms with Gasteiger partial charge in [-0.15, -0.1) is 11.3 Å². The van der Waals surface area contributed by atoms with Gasteiger partial charge >= 0.3 is 0 Å². The Kier molecular flexibility index (Phi) is 6.66. The highest BCUT2D eigenvalue weighted by Crippen LogP contribution is 2.17. The van der Waals surface area contributed by atoms with Crippen molar-refractivity contribution in [2.24, 2.45) is 4.99 Å². The van der Waals surface area contributed by atoms with Crippen LogP contribution in [0.4, 0.5) is 8.78 Å². The molecular formula is C17H22F2N4S. The molecule has 4 nitrogen and oxygen atoms in total. The van der Waals surface area contributed by atoms with Crippen LogP contribution in [0.25, 0.3) is 0 Å². The van der Waals surface area contributed by atoms with E-state index >= 15 is 0 Å². The number of rotatable bonds is 6. The quantitative estimate of drug-likeness (QED) is 0.618. The summed E-state index contributed by atoms with van der Waals surface area (Å²) in [4.78, 5) is 8.65. The van der Waals surface area contributed by atoms with Gasteiger partial charge in [0.05, 0.1) is 12.2 Å². The number of hydrogen-bond donors (Lipinski definition) is 2. The molecule has 7 heteroatoms. The molecule has 2 rings (SSSR count). The Morgan fingerprint density at radius 2 is 1.96 bits per heavy atom. The molecule has 0 spiro atoms. The fourth-order valence-electron chi connectivity index (χ4n) is 2.13. The van der Waals surface area contributed by atoms with Crippen molar-refractivity contribution in [2.75, 3.05) is 13.6 Å². The minimum absolute atomic E-state index is 0.0851. The number of nitrogens with zero attached hydrogens (tertiary/aromatic N) is 2. The van der Waals surface area contributed by atoms with Crippen molar-refractivity contribution in [2.45, 2.75) is 32.7 Å². The molecule has 0 bridgehead atoms. The number of aromatic nitrogens is 1. The van der Waals surface area contributed by atoms with Gasteiger partial charge in [0.25, 0.3) is 0 Å². The molecule has 0 saturated carbocycles. The van der Waals surface area contributed by atoms with E-state index in [-0.39, 0.29) is 12.0 Å². The lowest BCUT2D eigenvalue weighted by atomic mass is 10.1. The van der Waals surface area contributed by atoms with Crippen LogP contribution in [-0.4, -0.2) is 24.5 Å². The van der Waals surface area contributed by atoms with Gasteiger partial charge in [0, 0.05) is 24.5 Å². The van der Waals surface area contributed by atoms with E-state index in [1.54, 1.807) is 18.4 Å². The van der Waals surface area contributed by atoms with Gasteiger partial charge in [-0.2, -0.15) is 0 Å². The Bertz CT molecular complexity index is 677. The van der Waals surface area contributed by atoms with E-state index in [0.717, 1.165) is 10.7 Å². The maximum Gasteiger partial charge on any atom is 0.191 e. The second-order valence-electron chi connectivity index (χ2n) is 5.62. The summed E-state index contributed by atoms with van der Waals surface area (Å²) in [6.45, 7) is 5.15. The molecule has 1 aromatic carbocycles. The molecule has 1 heterocycles. The number of hydrogen-bond acceptors (Lipinski definition) is 3. The molecule has 0 aliphatic heterocycles. The van der Waals surface area contributed by atoms with Crippen molar-refractivity contribution in [3.05, 3.63) is 51.5 Å². The zero-order valence-corrected chi connectivity index (χ0v) is 14.9. The van der Waals surface area contributed by atoms with Gasteiger partial charge in [-0.3, -0.25) is 4.99 Å². The molecule has 1 aromatic heterocycles. The van der Waals surface area contributed by atoms with Crippen LogP contribution in [0.3, 0.4) is 0 Å². The first kappa shape index (κ1) is 18.3. The fourth-order valence-corrected chi connectivity index (χ4v) is 3.02. The zero-order chi connectivity index (χ0) is 17.5. The van der Waals surface area contributed by atoms with Crippen molar-refractivity contribution < 1.29 is 8.78 Å². The molecule has 0 fully saturated rings. The summed E-state index contributed by atoms with van der Waals surface area (Å²) in [6, 6.07) is 3.89. The number of thiazole rings is 1. The molecule has 0 aliphatic carbocycles. The topological polar surface area (TPSA) is 49.3 Å². The number of nitrogens with one attached hydrogen (secondary N) is 2. The lowest BCUT2D eigenvalue weighted by Gasteiger charge is -2.11. The van der Waals surface area contributed by atoms with Gasteiger partial charge in [-0.1, -0.05) is 19.9 Å². The number of halogens is 2. The van der Waals surface area contributed by atoms with Gasteiger partial charge in [-0.25, -0.2) is 13.8 Å². The van der Waals surface area contributed by atoms with E-state index in [9.17, 15) is 8.78 Å². The van der Waals surface area contributed by atoms with Crippen molar-refractivity contribution >= 4 is 17.3 Å². The van der Waals surface area contributed by atoms with Crippen LogP contribution in [0.5, 0.6) is 0 Å².